The zero-order chi connectivity index (χ0) is 12.9. The molecule has 0 radical (unpaired) electrons. The van der Waals surface area contributed by atoms with Gasteiger partial charge in [0.2, 0.25) is 0 Å². The van der Waals surface area contributed by atoms with E-state index in [1.165, 1.54) is 4.90 Å². The van der Waals surface area contributed by atoms with Crippen molar-refractivity contribution < 1.29 is 14.7 Å². The summed E-state index contributed by atoms with van der Waals surface area (Å²) in [5.41, 5.74) is -0.226. The highest BCUT2D eigenvalue weighted by Crippen LogP contribution is 2.43. The van der Waals surface area contributed by atoms with Crippen molar-refractivity contribution in [1.82, 2.24) is 10.2 Å². The Morgan fingerprint density at radius 3 is 2.59 bits per heavy atom. The lowest BCUT2D eigenvalue weighted by atomic mass is 9.66. The molecule has 96 valence electrons. The minimum absolute atomic E-state index is 0.137. The second-order valence-electron chi connectivity index (χ2n) is 4.75. The molecule has 17 heavy (non-hydrogen) atoms. The maximum absolute atomic E-state index is 11.6. The Kier molecular flexibility index (Phi) is 4.54. The highest BCUT2D eigenvalue weighted by molar-refractivity contribution is 5.74. The molecule has 1 saturated carbocycles. The normalized spacial score (nSPS) is 16.8. The molecule has 0 saturated heterocycles. The molecule has 0 spiro atoms. The molecule has 0 aromatic heterocycles. The summed E-state index contributed by atoms with van der Waals surface area (Å²) in [6.07, 6.45) is 4.59. The van der Waals surface area contributed by atoms with Crippen LogP contribution in [0.25, 0.3) is 0 Å². The van der Waals surface area contributed by atoms with E-state index in [1.54, 1.807) is 13.1 Å². The standard InChI is InChI=1S/C12H20N2O3/c1-3-7-14(2)11(17)13-9-12(5-4-6-12)8-10(15)16/h3H,1,4-9H2,2H3,(H,13,17)(H,15,16). The summed E-state index contributed by atoms with van der Waals surface area (Å²) < 4.78 is 0. The Morgan fingerprint density at radius 1 is 1.53 bits per heavy atom. The molecular weight excluding hydrogens is 220 g/mol. The van der Waals surface area contributed by atoms with Gasteiger partial charge in [-0.2, -0.15) is 0 Å². The lowest BCUT2D eigenvalue weighted by Crippen LogP contribution is -2.47. The molecule has 0 aromatic carbocycles. The van der Waals surface area contributed by atoms with Gasteiger partial charge in [-0.1, -0.05) is 12.5 Å². The molecule has 2 amide bonds. The fourth-order valence-electron chi connectivity index (χ4n) is 2.09. The number of nitrogens with one attached hydrogen (secondary N) is 1. The number of hydrogen-bond acceptors (Lipinski definition) is 2. The van der Waals surface area contributed by atoms with E-state index in [9.17, 15) is 9.59 Å². The first-order valence-electron chi connectivity index (χ1n) is 5.81. The number of carboxylic acid groups (broad SMARTS) is 1. The van der Waals surface area contributed by atoms with Gasteiger partial charge in [0.1, 0.15) is 0 Å². The van der Waals surface area contributed by atoms with Crippen molar-refractivity contribution in [2.24, 2.45) is 5.41 Å². The topological polar surface area (TPSA) is 69.6 Å². The Hall–Kier alpha value is -1.52. The molecule has 5 nitrogen and oxygen atoms in total. The maximum atomic E-state index is 11.6. The van der Waals surface area contributed by atoms with E-state index >= 15 is 0 Å². The Balaban J connectivity index is 2.40. The fraction of sp³-hybridized carbons (Fsp3) is 0.667. The first-order chi connectivity index (χ1) is 7.99. The average molecular weight is 240 g/mol. The summed E-state index contributed by atoms with van der Waals surface area (Å²) in [5, 5.41) is 11.6. The van der Waals surface area contributed by atoms with E-state index in [2.05, 4.69) is 11.9 Å². The molecule has 0 aliphatic heterocycles. The highest BCUT2D eigenvalue weighted by Gasteiger charge is 2.39. The van der Waals surface area contributed by atoms with Gasteiger partial charge >= 0.3 is 12.0 Å². The third-order valence-electron chi connectivity index (χ3n) is 3.30. The Morgan fingerprint density at radius 2 is 2.18 bits per heavy atom. The number of aliphatic carboxylic acids is 1. The van der Waals surface area contributed by atoms with Crippen molar-refractivity contribution in [2.75, 3.05) is 20.1 Å². The van der Waals surface area contributed by atoms with Crippen LogP contribution in [0.3, 0.4) is 0 Å². The summed E-state index contributed by atoms with van der Waals surface area (Å²) in [4.78, 5) is 23.9. The lowest BCUT2D eigenvalue weighted by Gasteiger charge is -2.41. The predicted molar refractivity (Wildman–Crippen MR) is 64.8 cm³/mol. The molecule has 0 atom stereocenters. The lowest BCUT2D eigenvalue weighted by molar-refractivity contribution is -0.141. The van der Waals surface area contributed by atoms with E-state index < -0.39 is 5.97 Å². The van der Waals surface area contributed by atoms with Crippen molar-refractivity contribution in [3.63, 3.8) is 0 Å². The molecule has 0 aromatic rings. The second-order valence-corrected chi connectivity index (χ2v) is 4.75. The largest absolute Gasteiger partial charge is 0.481 e. The van der Waals surface area contributed by atoms with Crippen molar-refractivity contribution in [3.8, 4) is 0 Å². The van der Waals surface area contributed by atoms with Gasteiger partial charge in [0.25, 0.3) is 0 Å². The summed E-state index contributed by atoms with van der Waals surface area (Å²) >= 11 is 0. The number of rotatable bonds is 6. The van der Waals surface area contributed by atoms with E-state index in [1.807, 2.05) is 0 Å². The molecule has 1 aliphatic rings. The van der Waals surface area contributed by atoms with Crippen LogP contribution in [0.1, 0.15) is 25.7 Å². The van der Waals surface area contributed by atoms with Gasteiger partial charge in [0.15, 0.2) is 0 Å². The minimum atomic E-state index is -0.793. The molecule has 2 N–H and O–H groups in total. The minimum Gasteiger partial charge on any atom is -0.481 e. The zero-order valence-electron chi connectivity index (χ0n) is 10.2. The van der Waals surface area contributed by atoms with Gasteiger partial charge in [0, 0.05) is 20.1 Å². The van der Waals surface area contributed by atoms with Crippen molar-refractivity contribution in [1.29, 1.82) is 0 Å². The molecule has 1 rings (SSSR count). The first kappa shape index (κ1) is 13.5. The highest BCUT2D eigenvalue weighted by atomic mass is 16.4. The fourth-order valence-corrected chi connectivity index (χ4v) is 2.09. The Labute approximate surface area is 101 Å². The molecular formula is C12H20N2O3. The monoisotopic (exact) mass is 240 g/mol. The quantitative estimate of drug-likeness (QED) is 0.690. The van der Waals surface area contributed by atoms with E-state index in [-0.39, 0.29) is 17.9 Å². The number of urea groups is 1. The number of hydrogen-bond donors (Lipinski definition) is 2. The maximum Gasteiger partial charge on any atom is 0.317 e. The molecule has 0 unspecified atom stereocenters. The van der Waals surface area contributed by atoms with Gasteiger partial charge in [-0.3, -0.25) is 4.79 Å². The van der Waals surface area contributed by atoms with Crippen LogP contribution in [-0.2, 0) is 4.79 Å². The van der Waals surface area contributed by atoms with Gasteiger partial charge in [-0.15, -0.1) is 6.58 Å². The Bertz CT molecular complexity index is 311. The second kappa shape index (κ2) is 5.70. The van der Waals surface area contributed by atoms with Crippen LogP contribution in [-0.4, -0.2) is 42.1 Å². The number of carbonyl (C=O) groups excluding carboxylic acids is 1. The smallest absolute Gasteiger partial charge is 0.317 e. The SMILES string of the molecule is C=CCN(C)C(=O)NCC1(CC(=O)O)CCC1. The van der Waals surface area contributed by atoms with Crippen LogP contribution < -0.4 is 5.32 Å². The van der Waals surface area contributed by atoms with Crippen molar-refractivity contribution >= 4 is 12.0 Å². The predicted octanol–water partition coefficient (Wildman–Crippen LogP) is 1.46. The van der Waals surface area contributed by atoms with Gasteiger partial charge < -0.3 is 15.3 Å². The van der Waals surface area contributed by atoms with Gasteiger partial charge in [0.05, 0.1) is 6.42 Å². The molecule has 1 fully saturated rings. The molecule has 0 bridgehead atoms. The molecule has 1 aliphatic carbocycles. The molecule has 0 heterocycles. The van der Waals surface area contributed by atoms with Gasteiger partial charge in [-0.05, 0) is 18.3 Å². The van der Waals surface area contributed by atoms with Crippen LogP contribution in [0.5, 0.6) is 0 Å². The number of carboxylic acids is 1. The van der Waals surface area contributed by atoms with Crippen LogP contribution in [0, 0.1) is 5.41 Å². The number of likely N-dealkylation sites (N-methyl/N-ethyl adjacent to an activating group) is 1. The molecule has 5 heteroatoms. The summed E-state index contributed by atoms with van der Waals surface area (Å²) in [6, 6.07) is -0.179. The summed E-state index contributed by atoms with van der Waals surface area (Å²) in [6.45, 7) is 4.49. The van der Waals surface area contributed by atoms with E-state index in [0.717, 1.165) is 19.3 Å². The third kappa shape index (κ3) is 3.76. The number of carbonyl (C=O) groups is 2. The van der Waals surface area contributed by atoms with E-state index in [4.69, 9.17) is 5.11 Å². The average Bonchev–Trinajstić information content (AvgIpc) is 2.21. The zero-order valence-corrected chi connectivity index (χ0v) is 10.2. The van der Waals surface area contributed by atoms with Crippen molar-refractivity contribution in [2.45, 2.75) is 25.7 Å². The van der Waals surface area contributed by atoms with Crippen LogP contribution >= 0.6 is 0 Å². The van der Waals surface area contributed by atoms with Crippen LogP contribution in [0.2, 0.25) is 0 Å². The summed E-state index contributed by atoms with van der Waals surface area (Å²) in [7, 11) is 1.68. The summed E-state index contributed by atoms with van der Waals surface area (Å²) in [5.74, 6) is -0.793. The number of nitrogens with zero attached hydrogens (tertiary/aromatic N) is 1. The first-order valence-corrected chi connectivity index (χ1v) is 5.81. The number of amides is 2. The van der Waals surface area contributed by atoms with Crippen molar-refractivity contribution in [3.05, 3.63) is 12.7 Å². The van der Waals surface area contributed by atoms with Crippen LogP contribution in [0.15, 0.2) is 12.7 Å². The third-order valence-corrected chi connectivity index (χ3v) is 3.30. The van der Waals surface area contributed by atoms with Gasteiger partial charge in [-0.25, -0.2) is 4.79 Å². The van der Waals surface area contributed by atoms with E-state index in [0.29, 0.717) is 13.1 Å². The van der Waals surface area contributed by atoms with Crippen LogP contribution in [0.4, 0.5) is 4.79 Å².